The van der Waals surface area contributed by atoms with E-state index in [4.69, 9.17) is 0 Å². The third kappa shape index (κ3) is 4.87. The number of hydrogen-bond acceptors (Lipinski definition) is 1. The molecule has 0 heterocycles. The fourth-order valence-corrected chi connectivity index (χ4v) is 2.16. The van der Waals surface area contributed by atoms with Gasteiger partial charge in [-0.15, -0.1) is 0 Å². The Hall–Kier alpha value is -0.250. The highest BCUT2D eigenvalue weighted by Crippen LogP contribution is 2.42. The highest BCUT2D eigenvalue weighted by molar-refractivity contribution is 4.92. The van der Waals surface area contributed by atoms with Crippen LogP contribution in [0, 0.1) is 11.8 Å². The van der Waals surface area contributed by atoms with E-state index in [1.807, 2.05) is 6.92 Å². The van der Waals surface area contributed by atoms with Gasteiger partial charge in [-0.3, -0.25) is 0 Å². The molecule has 0 aromatic rings. The molecule has 3 unspecified atom stereocenters. The largest absolute Gasteiger partial charge is 0.389 e. The summed E-state index contributed by atoms with van der Waals surface area (Å²) >= 11 is 0. The molecule has 1 rings (SSSR count). The van der Waals surface area contributed by atoms with Crippen LogP contribution in [-0.2, 0) is 0 Å². The fourth-order valence-electron chi connectivity index (χ4n) is 2.16. The lowest BCUT2D eigenvalue weighted by atomic mass is 10.0. The second-order valence-electron chi connectivity index (χ2n) is 4.55. The van der Waals surface area contributed by atoms with E-state index in [0.717, 1.165) is 6.54 Å². The number of halogens is 3. The van der Waals surface area contributed by atoms with Crippen LogP contribution < -0.4 is 5.32 Å². The van der Waals surface area contributed by atoms with E-state index in [9.17, 15) is 13.2 Å². The first-order chi connectivity index (χ1) is 6.94. The Balaban J connectivity index is 2.20. The molecule has 0 amide bonds. The summed E-state index contributed by atoms with van der Waals surface area (Å²) in [5.74, 6) is 1.30. The van der Waals surface area contributed by atoms with E-state index in [1.165, 1.54) is 6.42 Å². The molecular formula is C11H20F3N. The summed E-state index contributed by atoms with van der Waals surface area (Å²) < 4.78 is 35.9. The normalized spacial score (nSPS) is 27.8. The van der Waals surface area contributed by atoms with Crippen LogP contribution in [0.15, 0.2) is 0 Å². The number of rotatable bonds is 6. The van der Waals surface area contributed by atoms with Crippen molar-refractivity contribution in [1.82, 2.24) is 5.32 Å². The van der Waals surface area contributed by atoms with Crippen molar-refractivity contribution >= 4 is 0 Å². The molecule has 1 aliphatic carbocycles. The second-order valence-corrected chi connectivity index (χ2v) is 4.55. The molecule has 1 saturated carbocycles. The van der Waals surface area contributed by atoms with Crippen LogP contribution >= 0.6 is 0 Å². The van der Waals surface area contributed by atoms with Crippen LogP contribution in [0.5, 0.6) is 0 Å². The van der Waals surface area contributed by atoms with E-state index in [0.29, 0.717) is 24.3 Å². The third-order valence-corrected chi connectivity index (χ3v) is 3.13. The Morgan fingerprint density at radius 1 is 1.40 bits per heavy atom. The lowest BCUT2D eigenvalue weighted by Crippen LogP contribution is -2.31. The average Bonchev–Trinajstić information content (AvgIpc) is 2.79. The molecule has 0 saturated heterocycles. The van der Waals surface area contributed by atoms with Gasteiger partial charge in [-0.25, -0.2) is 0 Å². The van der Waals surface area contributed by atoms with Gasteiger partial charge < -0.3 is 5.32 Å². The van der Waals surface area contributed by atoms with Crippen molar-refractivity contribution in [2.75, 3.05) is 6.54 Å². The smallest absolute Gasteiger partial charge is 0.314 e. The quantitative estimate of drug-likeness (QED) is 0.728. The van der Waals surface area contributed by atoms with Crippen molar-refractivity contribution in [3.63, 3.8) is 0 Å². The molecule has 90 valence electrons. The predicted octanol–water partition coefficient (Wildman–Crippen LogP) is 3.35. The first-order valence-electron chi connectivity index (χ1n) is 5.74. The van der Waals surface area contributed by atoms with E-state index >= 15 is 0 Å². The maximum atomic E-state index is 12.0. The summed E-state index contributed by atoms with van der Waals surface area (Å²) in [6.07, 6.45) is -2.56. The SMILES string of the molecule is CCNC(CCCC(F)(F)F)C1CC1C. The summed E-state index contributed by atoms with van der Waals surface area (Å²) in [6, 6.07) is 0.298. The van der Waals surface area contributed by atoms with Gasteiger partial charge in [-0.05, 0) is 37.6 Å². The van der Waals surface area contributed by atoms with E-state index in [2.05, 4.69) is 12.2 Å². The van der Waals surface area contributed by atoms with Crippen LogP contribution in [0.4, 0.5) is 13.2 Å². The van der Waals surface area contributed by atoms with Gasteiger partial charge in [-0.2, -0.15) is 13.2 Å². The van der Waals surface area contributed by atoms with Gasteiger partial charge in [0.1, 0.15) is 0 Å². The highest BCUT2D eigenvalue weighted by atomic mass is 19.4. The first-order valence-corrected chi connectivity index (χ1v) is 5.74. The molecule has 0 radical (unpaired) electrons. The standard InChI is InChI=1S/C11H20F3N/c1-3-15-10(9-7-8(9)2)5-4-6-11(12,13)14/h8-10,15H,3-7H2,1-2H3. The first kappa shape index (κ1) is 12.8. The molecular weight excluding hydrogens is 203 g/mol. The molecule has 0 spiro atoms. The number of hydrogen-bond donors (Lipinski definition) is 1. The average molecular weight is 223 g/mol. The zero-order valence-electron chi connectivity index (χ0n) is 9.40. The minimum absolute atomic E-state index is 0.254. The van der Waals surface area contributed by atoms with Crippen LogP contribution in [0.3, 0.4) is 0 Å². The van der Waals surface area contributed by atoms with Crippen molar-refractivity contribution in [1.29, 1.82) is 0 Å². The summed E-state index contributed by atoms with van der Waals surface area (Å²) in [6.45, 7) is 5.02. The minimum atomic E-state index is -3.99. The Kier molecular flexibility index (Phi) is 4.44. The summed E-state index contributed by atoms with van der Waals surface area (Å²) in [4.78, 5) is 0. The molecule has 0 aliphatic heterocycles. The predicted molar refractivity (Wildman–Crippen MR) is 54.6 cm³/mol. The highest BCUT2D eigenvalue weighted by Gasteiger charge is 2.39. The molecule has 0 aromatic heterocycles. The monoisotopic (exact) mass is 223 g/mol. The van der Waals surface area contributed by atoms with Crippen LogP contribution in [0.1, 0.15) is 39.5 Å². The molecule has 0 bridgehead atoms. The summed E-state index contributed by atoms with van der Waals surface area (Å²) in [5.41, 5.74) is 0. The van der Waals surface area contributed by atoms with E-state index in [1.54, 1.807) is 0 Å². The van der Waals surface area contributed by atoms with Crippen LogP contribution in [0.25, 0.3) is 0 Å². The number of nitrogens with one attached hydrogen (secondary N) is 1. The van der Waals surface area contributed by atoms with Crippen molar-refractivity contribution in [3.8, 4) is 0 Å². The molecule has 1 fully saturated rings. The van der Waals surface area contributed by atoms with Gasteiger partial charge in [0.25, 0.3) is 0 Å². The lowest BCUT2D eigenvalue weighted by molar-refractivity contribution is -0.135. The van der Waals surface area contributed by atoms with Gasteiger partial charge in [0.15, 0.2) is 0 Å². The lowest BCUT2D eigenvalue weighted by Gasteiger charge is -2.18. The van der Waals surface area contributed by atoms with Crippen molar-refractivity contribution in [2.24, 2.45) is 11.8 Å². The Morgan fingerprint density at radius 3 is 2.40 bits per heavy atom. The third-order valence-electron chi connectivity index (χ3n) is 3.13. The maximum Gasteiger partial charge on any atom is 0.389 e. The molecule has 15 heavy (non-hydrogen) atoms. The second kappa shape index (κ2) is 5.19. The molecule has 0 aromatic carbocycles. The van der Waals surface area contributed by atoms with Gasteiger partial charge in [-0.1, -0.05) is 13.8 Å². The Morgan fingerprint density at radius 2 is 2.00 bits per heavy atom. The van der Waals surface area contributed by atoms with Crippen molar-refractivity contribution in [3.05, 3.63) is 0 Å². The molecule has 1 nitrogen and oxygen atoms in total. The van der Waals surface area contributed by atoms with E-state index < -0.39 is 12.6 Å². The van der Waals surface area contributed by atoms with Gasteiger partial charge in [0.05, 0.1) is 0 Å². The van der Waals surface area contributed by atoms with Crippen molar-refractivity contribution < 1.29 is 13.2 Å². The van der Waals surface area contributed by atoms with Gasteiger partial charge in [0, 0.05) is 12.5 Å². The van der Waals surface area contributed by atoms with Crippen LogP contribution in [-0.4, -0.2) is 18.8 Å². The fraction of sp³-hybridized carbons (Fsp3) is 1.00. The summed E-state index contributed by atoms with van der Waals surface area (Å²) in [5, 5.41) is 3.29. The molecule has 4 heteroatoms. The zero-order valence-corrected chi connectivity index (χ0v) is 9.40. The molecule has 3 atom stereocenters. The summed E-state index contributed by atoms with van der Waals surface area (Å²) in [7, 11) is 0. The van der Waals surface area contributed by atoms with Gasteiger partial charge in [0.2, 0.25) is 0 Å². The van der Waals surface area contributed by atoms with Gasteiger partial charge >= 0.3 is 6.18 Å². The maximum absolute atomic E-state index is 12.0. The Bertz CT molecular complexity index is 191. The van der Waals surface area contributed by atoms with Crippen molar-refractivity contribution in [2.45, 2.75) is 51.7 Å². The number of alkyl halides is 3. The van der Waals surface area contributed by atoms with Crippen LogP contribution in [0.2, 0.25) is 0 Å². The van der Waals surface area contributed by atoms with E-state index in [-0.39, 0.29) is 6.42 Å². The Labute approximate surface area is 89.4 Å². The zero-order chi connectivity index (χ0) is 11.5. The molecule has 1 N–H and O–H groups in total. The minimum Gasteiger partial charge on any atom is -0.314 e. The molecule has 1 aliphatic rings. The topological polar surface area (TPSA) is 12.0 Å².